The highest BCUT2D eigenvalue weighted by Crippen LogP contribution is 2.43. The van der Waals surface area contributed by atoms with Gasteiger partial charge in [-0.25, -0.2) is 0 Å². The fourth-order valence-corrected chi connectivity index (χ4v) is 2.46. The number of nitro groups is 1. The Morgan fingerprint density at radius 2 is 2.06 bits per heavy atom. The van der Waals surface area contributed by atoms with Crippen LogP contribution < -0.4 is 0 Å². The summed E-state index contributed by atoms with van der Waals surface area (Å²) in [5, 5.41) is 21.0. The van der Waals surface area contributed by atoms with Crippen molar-refractivity contribution in [1.82, 2.24) is 0 Å². The van der Waals surface area contributed by atoms with E-state index in [2.05, 4.69) is 4.74 Å². The molecule has 0 fully saturated rings. The van der Waals surface area contributed by atoms with Crippen molar-refractivity contribution in [3.05, 3.63) is 45.5 Å². The number of aliphatic hydroxyl groups is 1. The molecule has 0 radical (unpaired) electrons. The predicted octanol–water partition coefficient (Wildman–Crippen LogP) is 1.03. The molecule has 18 heavy (non-hydrogen) atoms. The van der Waals surface area contributed by atoms with Gasteiger partial charge in [0.2, 0.25) is 6.04 Å². The summed E-state index contributed by atoms with van der Waals surface area (Å²) >= 11 is 0. The number of hydrogen-bond donors (Lipinski definition) is 1. The van der Waals surface area contributed by atoms with Gasteiger partial charge in [-0.2, -0.15) is 0 Å². The summed E-state index contributed by atoms with van der Waals surface area (Å²) in [7, 11) is 1.24. The molecule has 1 aromatic carbocycles. The Balaban J connectivity index is 2.39. The van der Waals surface area contributed by atoms with Crippen LogP contribution in [0.25, 0.3) is 0 Å². The molecule has 0 aromatic heterocycles. The van der Waals surface area contributed by atoms with Gasteiger partial charge in [-0.15, -0.1) is 0 Å². The maximum absolute atomic E-state index is 11.3. The topological polar surface area (TPSA) is 89.7 Å². The van der Waals surface area contributed by atoms with Gasteiger partial charge in [-0.05, 0) is 11.1 Å². The zero-order valence-electron chi connectivity index (χ0n) is 9.78. The van der Waals surface area contributed by atoms with E-state index < -0.39 is 29.0 Å². The van der Waals surface area contributed by atoms with E-state index in [4.69, 9.17) is 0 Å². The molecule has 6 heteroatoms. The third-order valence-electron chi connectivity index (χ3n) is 3.31. The number of methoxy groups -OCH3 is 1. The van der Waals surface area contributed by atoms with Crippen molar-refractivity contribution in [3.8, 4) is 0 Å². The molecule has 0 unspecified atom stereocenters. The fraction of sp³-hybridized carbons (Fsp3) is 0.417. The van der Waals surface area contributed by atoms with E-state index in [0.717, 1.165) is 0 Å². The first-order valence-corrected chi connectivity index (χ1v) is 5.53. The van der Waals surface area contributed by atoms with E-state index in [1.54, 1.807) is 24.3 Å². The predicted molar refractivity (Wildman–Crippen MR) is 61.6 cm³/mol. The minimum Gasteiger partial charge on any atom is -0.469 e. The number of fused-ring (bicyclic) bond motifs is 1. The van der Waals surface area contributed by atoms with Crippen LogP contribution in [0.4, 0.5) is 0 Å². The Hall–Kier alpha value is -1.95. The number of nitrogens with zero attached hydrogens (tertiary/aromatic N) is 1. The van der Waals surface area contributed by atoms with Crippen LogP contribution in [-0.2, 0) is 9.53 Å². The van der Waals surface area contributed by atoms with Crippen molar-refractivity contribution in [2.45, 2.75) is 24.5 Å². The minimum atomic E-state index is -1.19. The maximum atomic E-state index is 11.3. The highest BCUT2D eigenvalue weighted by molar-refractivity contribution is 5.71. The molecule has 0 heterocycles. The number of ether oxygens (including phenoxy) is 1. The molecule has 1 N–H and O–H groups in total. The van der Waals surface area contributed by atoms with E-state index in [9.17, 15) is 20.0 Å². The lowest BCUT2D eigenvalue weighted by molar-refractivity contribution is -0.537. The lowest BCUT2D eigenvalue weighted by atomic mass is 9.95. The minimum absolute atomic E-state index is 0.101. The second kappa shape index (κ2) is 4.73. The Morgan fingerprint density at radius 1 is 1.44 bits per heavy atom. The number of aliphatic hydroxyl groups excluding tert-OH is 1. The second-order valence-electron chi connectivity index (χ2n) is 4.24. The van der Waals surface area contributed by atoms with E-state index in [-0.39, 0.29) is 6.42 Å². The molecule has 1 aromatic rings. The van der Waals surface area contributed by atoms with Gasteiger partial charge in [0.25, 0.3) is 0 Å². The van der Waals surface area contributed by atoms with Gasteiger partial charge in [0.15, 0.2) is 0 Å². The first-order valence-electron chi connectivity index (χ1n) is 5.53. The molecular formula is C12H13NO5. The van der Waals surface area contributed by atoms with Crippen LogP contribution in [0, 0.1) is 10.1 Å². The molecule has 96 valence electrons. The van der Waals surface area contributed by atoms with Gasteiger partial charge in [0, 0.05) is 4.92 Å². The average molecular weight is 251 g/mol. The summed E-state index contributed by atoms with van der Waals surface area (Å²) in [5.74, 6) is -1.16. The Bertz CT molecular complexity index is 487. The fourth-order valence-electron chi connectivity index (χ4n) is 2.46. The summed E-state index contributed by atoms with van der Waals surface area (Å²) in [4.78, 5) is 21.9. The molecule has 1 aliphatic rings. The molecule has 6 nitrogen and oxygen atoms in total. The highest BCUT2D eigenvalue weighted by atomic mass is 16.6. The van der Waals surface area contributed by atoms with Crippen LogP contribution in [0.3, 0.4) is 0 Å². The van der Waals surface area contributed by atoms with Gasteiger partial charge < -0.3 is 9.84 Å². The van der Waals surface area contributed by atoms with Crippen LogP contribution >= 0.6 is 0 Å². The van der Waals surface area contributed by atoms with E-state index in [1.807, 2.05) is 0 Å². The number of esters is 1. The number of rotatable bonds is 3. The maximum Gasteiger partial charge on any atom is 0.306 e. The lowest BCUT2D eigenvalue weighted by Gasteiger charge is -2.14. The third-order valence-corrected chi connectivity index (χ3v) is 3.31. The van der Waals surface area contributed by atoms with Gasteiger partial charge in [0.05, 0.1) is 19.4 Å². The van der Waals surface area contributed by atoms with Crippen molar-refractivity contribution >= 4 is 5.97 Å². The van der Waals surface area contributed by atoms with Crippen molar-refractivity contribution in [3.63, 3.8) is 0 Å². The van der Waals surface area contributed by atoms with Crippen molar-refractivity contribution in [2.24, 2.45) is 0 Å². The summed E-state index contributed by atoms with van der Waals surface area (Å²) in [6, 6.07) is 5.60. The number of benzene rings is 1. The van der Waals surface area contributed by atoms with Gasteiger partial charge in [-0.3, -0.25) is 14.9 Å². The average Bonchev–Trinajstić information content (AvgIpc) is 2.63. The van der Waals surface area contributed by atoms with Crippen LogP contribution in [0.2, 0.25) is 0 Å². The Morgan fingerprint density at radius 3 is 2.61 bits per heavy atom. The molecule has 0 spiro atoms. The van der Waals surface area contributed by atoms with Crippen molar-refractivity contribution in [1.29, 1.82) is 0 Å². The Kier molecular flexibility index (Phi) is 3.29. The molecule has 3 atom stereocenters. The van der Waals surface area contributed by atoms with Crippen LogP contribution in [-0.4, -0.2) is 29.2 Å². The second-order valence-corrected chi connectivity index (χ2v) is 4.24. The molecular weight excluding hydrogens is 238 g/mol. The SMILES string of the molecule is COC(=O)C[C@@H]1c2ccccc2[C@H](O)[C@H]1[N+](=O)[O-]. The molecule has 0 aliphatic heterocycles. The van der Waals surface area contributed by atoms with Crippen LogP contribution in [0.15, 0.2) is 24.3 Å². The molecule has 0 amide bonds. The number of hydrogen-bond acceptors (Lipinski definition) is 5. The molecule has 0 saturated heterocycles. The zero-order chi connectivity index (χ0) is 13.3. The largest absolute Gasteiger partial charge is 0.469 e. The van der Waals surface area contributed by atoms with Gasteiger partial charge in [-0.1, -0.05) is 24.3 Å². The van der Waals surface area contributed by atoms with E-state index in [0.29, 0.717) is 11.1 Å². The normalized spacial score (nSPS) is 25.6. The van der Waals surface area contributed by atoms with Crippen LogP contribution in [0.1, 0.15) is 29.6 Å². The van der Waals surface area contributed by atoms with Crippen molar-refractivity contribution in [2.75, 3.05) is 7.11 Å². The molecule has 0 bridgehead atoms. The first-order chi connectivity index (χ1) is 8.56. The summed E-state index contributed by atoms with van der Waals surface area (Å²) in [6.07, 6.45) is -1.28. The first kappa shape index (κ1) is 12.5. The summed E-state index contributed by atoms with van der Waals surface area (Å²) in [6.45, 7) is 0. The van der Waals surface area contributed by atoms with E-state index in [1.165, 1.54) is 7.11 Å². The quantitative estimate of drug-likeness (QED) is 0.492. The third kappa shape index (κ3) is 1.95. The van der Waals surface area contributed by atoms with Gasteiger partial charge >= 0.3 is 5.97 Å². The monoisotopic (exact) mass is 251 g/mol. The lowest BCUT2D eigenvalue weighted by Crippen LogP contribution is -2.29. The van der Waals surface area contributed by atoms with Crippen molar-refractivity contribution < 1.29 is 19.6 Å². The van der Waals surface area contributed by atoms with E-state index >= 15 is 0 Å². The summed E-state index contributed by atoms with van der Waals surface area (Å²) < 4.78 is 4.55. The number of carbonyl (C=O) groups is 1. The highest BCUT2D eigenvalue weighted by Gasteiger charge is 2.48. The molecule has 1 aliphatic carbocycles. The molecule has 2 rings (SSSR count). The smallest absolute Gasteiger partial charge is 0.306 e. The van der Waals surface area contributed by atoms with Gasteiger partial charge in [0.1, 0.15) is 6.10 Å². The van der Waals surface area contributed by atoms with Crippen LogP contribution in [0.5, 0.6) is 0 Å². The Labute approximate surface area is 103 Å². The summed E-state index contributed by atoms with van der Waals surface area (Å²) in [5.41, 5.74) is 1.17. The number of carbonyl (C=O) groups excluding carboxylic acids is 1. The zero-order valence-corrected chi connectivity index (χ0v) is 9.78. The standard InChI is InChI=1S/C12H13NO5/c1-18-10(14)6-9-7-4-2-3-5-8(7)12(15)11(9)13(16)17/h2-5,9,11-12,15H,6H2,1H3/t9-,11+,12+/m1/s1. The molecule has 0 saturated carbocycles.